The maximum Gasteiger partial charge on any atom is 0.312 e. The van der Waals surface area contributed by atoms with E-state index >= 15 is 0 Å². The monoisotopic (exact) mass is 1580 g/mol. The molecule has 0 bridgehead atoms. The lowest BCUT2D eigenvalue weighted by Gasteiger charge is -2.37. The van der Waals surface area contributed by atoms with Gasteiger partial charge < -0.3 is 93.4 Å². The lowest BCUT2D eigenvalue weighted by molar-refractivity contribution is -0.165. The first-order chi connectivity index (χ1) is 54.9. The second kappa shape index (κ2) is 38.7. The molecule has 16 N–H and O–H groups in total. The van der Waals surface area contributed by atoms with Crippen molar-refractivity contribution in [3.05, 3.63) is 180 Å². The number of nitrogens with one attached hydrogen (secondary N) is 10. The molecule has 3 aliphatic heterocycles. The summed E-state index contributed by atoms with van der Waals surface area (Å²) in [5, 5.41) is 91.3. The van der Waals surface area contributed by atoms with Gasteiger partial charge in [0.05, 0.1) is 89.0 Å². The number of aromatic nitrogens is 3. The Bertz CT molecular complexity index is 4300. The number of aliphatic hydroxyl groups is 3. The Labute approximate surface area is 663 Å². The van der Waals surface area contributed by atoms with Gasteiger partial charge in [-0.05, 0) is 169 Å². The van der Waals surface area contributed by atoms with Crippen LogP contribution in [0.1, 0.15) is 128 Å². The van der Waals surface area contributed by atoms with E-state index < -0.39 is 180 Å². The Morgan fingerprint density at radius 3 is 1.11 bits per heavy atom. The number of rotatable bonds is 15. The SMILES string of the molecule is C[C@H]1NC(=O)C(C2CC2)N(C)C(=O)[C@H](C)[C@H](O)[C@H](Cc2cccnc2)NC(=O)[C@H]1NC(=O)c1ccccc1O.C[C@H]1NC(=O)C(C2CC2)NC(=O)[C@H](C)[C@H](O)[C@H](Cc2cccnc2)NC(=O)[C@H]1NC(=O)c1ccccc1O.C[C@H]1NC(=O)C(C2CC2)OC(=O)[C@H](C)[C@H](O)[C@H](Cc2cccnc2)NC(=O)[C@H]1NC(=O)c1ccccc1O. The van der Waals surface area contributed by atoms with Gasteiger partial charge in [0.1, 0.15) is 47.5 Å². The predicted molar refractivity (Wildman–Crippen MR) is 413 cm³/mol. The number of benzene rings is 3. The summed E-state index contributed by atoms with van der Waals surface area (Å²) in [5.74, 6) is -11.2. The van der Waals surface area contributed by atoms with E-state index in [-0.39, 0.29) is 71.0 Å². The minimum absolute atomic E-state index is 0.0308. The van der Waals surface area contributed by atoms with Crippen molar-refractivity contribution < 1.29 is 92.9 Å². The summed E-state index contributed by atoms with van der Waals surface area (Å²) in [6.07, 6.45) is 9.53. The zero-order valence-corrected chi connectivity index (χ0v) is 64.6. The first-order valence-corrected chi connectivity index (χ1v) is 38.5. The van der Waals surface area contributed by atoms with Gasteiger partial charge in [-0.2, -0.15) is 0 Å². The lowest BCUT2D eigenvalue weighted by Crippen LogP contribution is -2.64. The maximum atomic E-state index is 13.7. The van der Waals surface area contributed by atoms with Gasteiger partial charge in [0.2, 0.25) is 41.4 Å². The van der Waals surface area contributed by atoms with Gasteiger partial charge in [-0.1, -0.05) is 68.4 Å². The topological polar surface area (TPSA) is 498 Å². The van der Waals surface area contributed by atoms with Crippen molar-refractivity contribution in [2.45, 2.75) is 190 Å². The van der Waals surface area contributed by atoms with Crippen molar-refractivity contribution >= 4 is 70.9 Å². The van der Waals surface area contributed by atoms with Gasteiger partial charge in [-0.3, -0.25) is 72.5 Å². The molecule has 3 saturated heterocycles. The third-order valence-electron chi connectivity index (χ3n) is 21.6. The van der Waals surface area contributed by atoms with E-state index in [0.717, 1.165) is 36.8 Å². The fraction of sp³-hybridized carbons (Fsp3) is 0.451. The summed E-state index contributed by atoms with van der Waals surface area (Å²) >= 11 is 0. The molecule has 612 valence electrons. The number of hydrogen-bond donors (Lipinski definition) is 16. The second-order valence-corrected chi connectivity index (χ2v) is 30.4. The Morgan fingerprint density at radius 1 is 0.409 bits per heavy atom. The Balaban J connectivity index is 0.000000182. The van der Waals surface area contributed by atoms with Crippen LogP contribution in [0.15, 0.2) is 146 Å². The molecule has 6 heterocycles. The normalized spacial score (nSPS) is 28.6. The highest BCUT2D eigenvalue weighted by Crippen LogP contribution is 2.38. The number of aliphatic hydroxyl groups excluding tert-OH is 3. The van der Waals surface area contributed by atoms with Crippen LogP contribution in [0.3, 0.4) is 0 Å². The van der Waals surface area contributed by atoms with Crippen LogP contribution in [-0.4, -0.2) is 219 Å². The molecule has 3 unspecified atom stereocenters. The van der Waals surface area contributed by atoms with Gasteiger partial charge in [-0.25, -0.2) is 0 Å². The van der Waals surface area contributed by atoms with E-state index in [1.54, 1.807) is 145 Å². The molecule has 33 heteroatoms. The number of phenolic OH excluding ortho intramolecular Hbond substituents is 3. The molecule has 115 heavy (non-hydrogen) atoms. The van der Waals surface area contributed by atoms with E-state index in [4.69, 9.17) is 4.74 Å². The number of para-hydroxylation sites is 3. The molecule has 3 aromatic carbocycles. The van der Waals surface area contributed by atoms with E-state index in [0.29, 0.717) is 18.4 Å². The van der Waals surface area contributed by atoms with Crippen molar-refractivity contribution in [1.82, 2.24) is 73.0 Å². The second-order valence-electron chi connectivity index (χ2n) is 30.4. The molecule has 6 aliphatic rings. The number of amides is 11. The fourth-order valence-electron chi connectivity index (χ4n) is 14.2. The van der Waals surface area contributed by atoms with Crippen LogP contribution in [0.25, 0.3) is 0 Å². The van der Waals surface area contributed by atoms with Crippen LogP contribution in [0.4, 0.5) is 0 Å². The van der Waals surface area contributed by atoms with Crippen LogP contribution in [0.5, 0.6) is 17.2 Å². The molecule has 6 aromatic rings. The molecule has 0 spiro atoms. The summed E-state index contributed by atoms with van der Waals surface area (Å²) in [7, 11) is 1.55. The number of cyclic esters (lactones) is 1. The van der Waals surface area contributed by atoms with E-state index in [9.17, 15) is 88.2 Å². The summed E-state index contributed by atoms with van der Waals surface area (Å²) in [4.78, 5) is 173. The molecule has 0 radical (unpaired) electrons. The first-order valence-electron chi connectivity index (χ1n) is 38.5. The van der Waals surface area contributed by atoms with Crippen molar-refractivity contribution in [2.75, 3.05) is 7.05 Å². The molecule has 33 nitrogen and oxygen atoms in total. The van der Waals surface area contributed by atoms with Crippen LogP contribution in [0.2, 0.25) is 0 Å². The maximum absolute atomic E-state index is 13.7. The van der Waals surface area contributed by atoms with Crippen LogP contribution in [-0.2, 0) is 67.2 Å². The molecule has 3 saturated carbocycles. The number of likely N-dealkylation sites (N-methyl/N-ethyl adjacent to an activating group) is 1. The number of carbonyl (C=O) groups is 12. The third-order valence-corrected chi connectivity index (χ3v) is 21.6. The summed E-state index contributed by atoms with van der Waals surface area (Å²) < 4.78 is 5.56. The van der Waals surface area contributed by atoms with Crippen molar-refractivity contribution in [3.8, 4) is 17.2 Å². The molecule has 3 aromatic heterocycles. The predicted octanol–water partition coefficient (Wildman–Crippen LogP) is 0.839. The third kappa shape index (κ3) is 22.3. The van der Waals surface area contributed by atoms with Gasteiger partial charge in [0.15, 0.2) is 6.10 Å². The summed E-state index contributed by atoms with van der Waals surface area (Å²) in [6.45, 7) is 9.28. The summed E-state index contributed by atoms with van der Waals surface area (Å²) in [6, 6.07) is 17.4. The standard InChI is InChI=1S/C28H35N5O6.C27H33N5O6.C27H32N4O7/c1-15-24(35)20(13-17-7-6-12-29-14-17)31-26(37)22(32-25(36)19-8-4-5-9-21(19)34)16(2)30-27(38)23(18-10-11-18)33(3)28(15)39;1-14-23(34)19(12-16-6-5-11-28-13-16)30-26(37)21(31-25(36)18-7-3-4-8-20(18)33)15(2)29-27(38)22(17-9-10-17)32-24(14)35;1-14-22(33)19(12-16-6-5-11-28-13-16)30-25(35)21(31-24(34)18-7-3-4-8-20(18)32)15(2)29-26(36)23(17-9-10-17)38-27(14)37/h4-9,12,14-16,18,20,22-24,34-35H,10-11,13H2,1-3H3,(H,30,38)(H,31,37)(H,32,36);3-8,11,13-15,17,19,21-23,33-34H,9-10,12H2,1-2H3,(H,29,38)(H,30,37)(H,31,36)(H,32,35);3-8,11,13-15,17,19,21-23,32-33H,9-10,12H2,1-2H3,(H,29,36)(H,30,35)(H,31,34)/t15-,16-,20+,22+,23?,24+;14-,15-,19+,21+,22?,23+;14-,15-,19+,21+,22+,23?/m111/s1. The van der Waals surface area contributed by atoms with E-state index in [2.05, 4.69) is 68.1 Å². The highest BCUT2D eigenvalue weighted by Gasteiger charge is 2.48. The van der Waals surface area contributed by atoms with Gasteiger partial charge >= 0.3 is 5.97 Å². The van der Waals surface area contributed by atoms with Gasteiger partial charge in [0.25, 0.3) is 23.6 Å². The largest absolute Gasteiger partial charge is 0.507 e. The molecule has 11 amide bonds. The number of ether oxygens (including phenoxy) is 1. The molecule has 18 atom stereocenters. The van der Waals surface area contributed by atoms with Gasteiger partial charge in [-0.15, -0.1) is 0 Å². The molecular formula is C82H100N14O19. The van der Waals surface area contributed by atoms with E-state index in [1.807, 2.05) is 0 Å². The van der Waals surface area contributed by atoms with E-state index in [1.165, 1.54) is 55.1 Å². The average Bonchev–Trinajstić information content (AvgIpc) is 1.78. The Hall–Kier alpha value is -12.0. The van der Waals surface area contributed by atoms with Crippen molar-refractivity contribution in [3.63, 3.8) is 0 Å². The van der Waals surface area contributed by atoms with Crippen LogP contribution in [0, 0.1) is 35.5 Å². The molecule has 3 aliphatic carbocycles. The number of hydrogen-bond acceptors (Lipinski definition) is 22. The smallest absolute Gasteiger partial charge is 0.312 e. The molecular weight excluding hydrogens is 1480 g/mol. The first kappa shape index (κ1) is 85.5. The number of nitrogens with zero attached hydrogens (tertiary/aromatic N) is 4. The Kier molecular flexibility index (Phi) is 28.8. The average molecular weight is 1590 g/mol. The quantitative estimate of drug-likeness (QED) is 0.0633. The fourth-order valence-corrected chi connectivity index (χ4v) is 14.2. The number of carbonyl (C=O) groups excluding carboxylic acids is 12. The zero-order chi connectivity index (χ0) is 83.1. The van der Waals surface area contributed by atoms with Gasteiger partial charge in [0, 0.05) is 50.1 Å². The minimum atomic E-state index is -1.36. The Morgan fingerprint density at radius 2 is 0.757 bits per heavy atom. The number of pyridine rings is 3. The highest BCUT2D eigenvalue weighted by molar-refractivity contribution is 6.02. The molecule has 6 fully saturated rings. The van der Waals surface area contributed by atoms with Crippen molar-refractivity contribution in [2.24, 2.45) is 35.5 Å². The van der Waals surface area contributed by atoms with Crippen LogP contribution < -0.4 is 53.2 Å². The zero-order valence-electron chi connectivity index (χ0n) is 64.6. The van der Waals surface area contributed by atoms with Crippen LogP contribution >= 0.6 is 0 Å². The minimum Gasteiger partial charge on any atom is -0.507 e. The number of esters is 1. The van der Waals surface area contributed by atoms with Crippen molar-refractivity contribution in [1.29, 1.82) is 0 Å². The molecule has 12 rings (SSSR count). The highest BCUT2D eigenvalue weighted by atomic mass is 16.6. The number of aromatic hydroxyl groups is 3. The lowest BCUT2D eigenvalue weighted by atomic mass is 9.90. The number of phenols is 3. The summed E-state index contributed by atoms with van der Waals surface area (Å²) in [5.41, 5.74) is 2.05.